The molecule has 0 spiro atoms. The van der Waals surface area contributed by atoms with Crippen LogP contribution in [-0.2, 0) is 12.8 Å². The van der Waals surface area contributed by atoms with Crippen molar-refractivity contribution in [3.05, 3.63) is 16.7 Å². The first-order valence-electron chi connectivity index (χ1n) is 9.16. The van der Waals surface area contributed by atoms with E-state index >= 15 is 0 Å². The Morgan fingerprint density at radius 1 is 1.12 bits per heavy atom. The molecule has 0 aliphatic carbocycles. The van der Waals surface area contributed by atoms with Gasteiger partial charge in [-0.05, 0) is 51.6 Å². The molecular weight excluding hydrogens is 304 g/mol. The second kappa shape index (κ2) is 6.45. The zero-order valence-electron chi connectivity index (χ0n) is 14.8. The van der Waals surface area contributed by atoms with Crippen LogP contribution in [0.4, 0.5) is 0 Å². The summed E-state index contributed by atoms with van der Waals surface area (Å²) in [4.78, 5) is 2.44. The molecule has 3 aliphatic rings. The number of hydrogen-bond donors (Lipinski definition) is 1. The lowest BCUT2D eigenvalue weighted by molar-refractivity contribution is 0.237. The van der Waals surface area contributed by atoms with Gasteiger partial charge in [0.05, 0.1) is 20.3 Å². The lowest BCUT2D eigenvalue weighted by Gasteiger charge is -2.33. The Morgan fingerprint density at radius 2 is 1.83 bits per heavy atom. The number of hydrogen-bond acceptors (Lipinski definition) is 5. The van der Waals surface area contributed by atoms with Gasteiger partial charge in [-0.15, -0.1) is 0 Å². The van der Waals surface area contributed by atoms with Gasteiger partial charge in [0.15, 0.2) is 11.5 Å². The number of methoxy groups -OCH3 is 1. The summed E-state index contributed by atoms with van der Waals surface area (Å²) in [6, 6.07) is 0.367. The van der Waals surface area contributed by atoms with E-state index in [1.807, 2.05) is 0 Å². The highest BCUT2D eigenvalue weighted by atomic mass is 16.5. The number of benzene rings is 1. The van der Waals surface area contributed by atoms with E-state index in [1.165, 1.54) is 16.7 Å². The summed E-state index contributed by atoms with van der Waals surface area (Å²) in [5.74, 6) is 3.49. The summed E-state index contributed by atoms with van der Waals surface area (Å²) >= 11 is 0. The topological polar surface area (TPSA) is 57.0 Å². The first-order valence-corrected chi connectivity index (χ1v) is 9.16. The molecule has 1 aromatic rings. The summed E-state index contributed by atoms with van der Waals surface area (Å²) in [5.41, 5.74) is 9.80. The number of likely N-dealkylation sites (tertiary alicyclic amines) is 1. The van der Waals surface area contributed by atoms with Crippen LogP contribution in [0.25, 0.3) is 0 Å². The quantitative estimate of drug-likeness (QED) is 0.920. The molecular formula is C19H28N2O3. The highest BCUT2D eigenvalue weighted by Gasteiger charge is 2.38. The van der Waals surface area contributed by atoms with Gasteiger partial charge in [-0.1, -0.05) is 0 Å². The van der Waals surface area contributed by atoms with Crippen LogP contribution in [0.5, 0.6) is 17.2 Å². The highest BCUT2D eigenvalue weighted by Crippen LogP contribution is 2.52. The molecule has 5 heteroatoms. The molecule has 1 aromatic carbocycles. The molecule has 0 bridgehead atoms. The average Bonchev–Trinajstić information content (AvgIpc) is 3.00. The largest absolute Gasteiger partial charge is 0.493 e. The van der Waals surface area contributed by atoms with E-state index in [9.17, 15) is 0 Å². The summed E-state index contributed by atoms with van der Waals surface area (Å²) in [7, 11) is 3.95. The molecule has 2 atom stereocenters. The smallest absolute Gasteiger partial charge is 0.167 e. The fourth-order valence-electron chi connectivity index (χ4n) is 4.62. The van der Waals surface area contributed by atoms with Crippen LogP contribution in [0.3, 0.4) is 0 Å². The van der Waals surface area contributed by atoms with E-state index in [2.05, 4.69) is 11.9 Å². The molecule has 1 saturated heterocycles. The van der Waals surface area contributed by atoms with Crippen molar-refractivity contribution in [2.24, 2.45) is 11.7 Å². The van der Waals surface area contributed by atoms with Gasteiger partial charge in [0.25, 0.3) is 0 Å². The van der Waals surface area contributed by atoms with Crippen LogP contribution in [0.2, 0.25) is 0 Å². The van der Waals surface area contributed by atoms with Gasteiger partial charge in [-0.3, -0.25) is 4.90 Å². The second-order valence-electron chi connectivity index (χ2n) is 7.26. The first-order chi connectivity index (χ1) is 11.7. The summed E-state index contributed by atoms with van der Waals surface area (Å²) in [6.07, 6.45) is 5.22. The second-order valence-corrected chi connectivity index (χ2v) is 7.26. The Labute approximate surface area is 144 Å². The predicted molar refractivity (Wildman–Crippen MR) is 93.2 cm³/mol. The highest BCUT2D eigenvalue weighted by molar-refractivity contribution is 5.65. The molecule has 3 aliphatic heterocycles. The lowest BCUT2D eigenvalue weighted by Crippen LogP contribution is -2.25. The molecule has 2 unspecified atom stereocenters. The van der Waals surface area contributed by atoms with Gasteiger partial charge in [0.2, 0.25) is 0 Å². The number of nitrogens with two attached hydrogens (primary N) is 1. The molecule has 0 radical (unpaired) electrons. The van der Waals surface area contributed by atoms with Gasteiger partial charge in [0.1, 0.15) is 5.75 Å². The summed E-state index contributed by atoms with van der Waals surface area (Å²) in [5, 5.41) is 0. The minimum atomic E-state index is 0.367. The van der Waals surface area contributed by atoms with Crippen LogP contribution in [0.1, 0.15) is 42.0 Å². The van der Waals surface area contributed by atoms with E-state index in [0.29, 0.717) is 12.0 Å². The molecule has 0 saturated carbocycles. The predicted octanol–water partition coefficient (Wildman–Crippen LogP) is 2.30. The molecule has 1 fully saturated rings. The fourth-order valence-corrected chi connectivity index (χ4v) is 4.62. The molecule has 0 amide bonds. The van der Waals surface area contributed by atoms with E-state index in [-0.39, 0.29) is 0 Å². The number of rotatable bonds is 3. The van der Waals surface area contributed by atoms with E-state index in [1.54, 1.807) is 7.11 Å². The SMILES string of the molecule is COc1c2c(c(C3CC(CN)CN3C)c3c1OCCC3)OCCC2. The van der Waals surface area contributed by atoms with Crippen molar-refractivity contribution in [1.29, 1.82) is 0 Å². The maximum Gasteiger partial charge on any atom is 0.167 e. The maximum atomic E-state index is 6.20. The summed E-state index contributed by atoms with van der Waals surface area (Å²) in [6.45, 7) is 3.37. The average molecular weight is 332 g/mol. The van der Waals surface area contributed by atoms with Gasteiger partial charge >= 0.3 is 0 Å². The third-order valence-corrected chi connectivity index (χ3v) is 5.74. The van der Waals surface area contributed by atoms with Crippen LogP contribution >= 0.6 is 0 Å². The van der Waals surface area contributed by atoms with E-state index in [4.69, 9.17) is 19.9 Å². The molecule has 4 rings (SSSR count). The molecule has 5 nitrogen and oxygen atoms in total. The minimum absolute atomic E-state index is 0.367. The van der Waals surface area contributed by atoms with Gasteiger partial charge in [-0.2, -0.15) is 0 Å². The van der Waals surface area contributed by atoms with E-state index < -0.39 is 0 Å². The number of ether oxygens (including phenoxy) is 3. The Bertz CT molecular complexity index is 595. The van der Waals surface area contributed by atoms with Gasteiger partial charge in [-0.25, -0.2) is 0 Å². The maximum absolute atomic E-state index is 6.20. The first kappa shape index (κ1) is 16.0. The molecule has 3 heterocycles. The van der Waals surface area contributed by atoms with Crippen molar-refractivity contribution < 1.29 is 14.2 Å². The number of nitrogens with zero attached hydrogens (tertiary/aromatic N) is 1. The third-order valence-electron chi connectivity index (χ3n) is 5.74. The zero-order valence-corrected chi connectivity index (χ0v) is 14.8. The van der Waals surface area contributed by atoms with Crippen LogP contribution in [-0.4, -0.2) is 45.4 Å². The Balaban J connectivity index is 1.89. The van der Waals surface area contributed by atoms with Crippen LogP contribution < -0.4 is 19.9 Å². The van der Waals surface area contributed by atoms with Crippen molar-refractivity contribution in [2.45, 2.75) is 38.1 Å². The summed E-state index contributed by atoms with van der Waals surface area (Å²) < 4.78 is 18.0. The molecule has 2 N–H and O–H groups in total. The molecule has 0 aromatic heterocycles. The van der Waals surface area contributed by atoms with Crippen molar-refractivity contribution in [3.8, 4) is 17.2 Å². The van der Waals surface area contributed by atoms with Gasteiger partial charge in [0, 0.05) is 29.3 Å². The Hall–Kier alpha value is -1.46. The van der Waals surface area contributed by atoms with E-state index in [0.717, 1.165) is 75.7 Å². The Kier molecular flexibility index (Phi) is 4.31. The molecule has 132 valence electrons. The normalized spacial score (nSPS) is 26.3. The van der Waals surface area contributed by atoms with Crippen molar-refractivity contribution in [2.75, 3.05) is 40.5 Å². The standard InChI is InChI=1S/C19H28N2O3/c1-21-11-12(10-20)9-15(21)16-13-5-3-8-24-19(13)18(22-2)14-6-4-7-23-17(14)16/h12,15H,3-11,20H2,1-2H3. The Morgan fingerprint density at radius 3 is 2.50 bits per heavy atom. The van der Waals surface area contributed by atoms with Crippen molar-refractivity contribution >= 4 is 0 Å². The monoisotopic (exact) mass is 332 g/mol. The lowest BCUT2D eigenvalue weighted by atomic mass is 9.87. The van der Waals surface area contributed by atoms with Crippen LogP contribution in [0, 0.1) is 5.92 Å². The third kappa shape index (κ3) is 2.45. The van der Waals surface area contributed by atoms with Crippen molar-refractivity contribution in [3.63, 3.8) is 0 Å². The van der Waals surface area contributed by atoms with Crippen molar-refractivity contribution in [1.82, 2.24) is 4.90 Å². The van der Waals surface area contributed by atoms with Gasteiger partial charge < -0.3 is 19.9 Å². The zero-order chi connectivity index (χ0) is 16.7. The molecule has 24 heavy (non-hydrogen) atoms. The van der Waals surface area contributed by atoms with Crippen LogP contribution in [0.15, 0.2) is 0 Å². The number of fused-ring (bicyclic) bond motifs is 2. The fraction of sp³-hybridized carbons (Fsp3) is 0.684. The minimum Gasteiger partial charge on any atom is -0.493 e.